The molecule has 19 heavy (non-hydrogen) atoms. The summed E-state index contributed by atoms with van der Waals surface area (Å²) in [4.78, 5) is 22.9. The Morgan fingerprint density at radius 2 is 1.79 bits per heavy atom. The molecule has 1 rings (SSSR count). The van der Waals surface area contributed by atoms with E-state index in [9.17, 15) is 14.7 Å². The first-order valence-electron chi connectivity index (χ1n) is 6.65. The van der Waals surface area contributed by atoms with Crippen LogP contribution in [0.1, 0.15) is 41.0 Å². The van der Waals surface area contributed by atoms with E-state index in [2.05, 4.69) is 5.32 Å². The highest BCUT2D eigenvalue weighted by Crippen LogP contribution is 2.58. The molecule has 1 fully saturated rings. The van der Waals surface area contributed by atoms with Crippen molar-refractivity contribution in [1.29, 1.82) is 0 Å². The molecule has 1 aliphatic carbocycles. The average Bonchev–Trinajstić information content (AvgIpc) is 2.75. The summed E-state index contributed by atoms with van der Waals surface area (Å²) in [5, 5.41) is 21.5. The number of aliphatic hydroxyl groups excluding tert-OH is 1. The minimum absolute atomic E-state index is 0.00735. The smallest absolute Gasteiger partial charge is 0.307 e. The Bertz CT molecular complexity index is 370. The highest BCUT2D eigenvalue weighted by molar-refractivity contribution is 5.91. The van der Waals surface area contributed by atoms with Crippen molar-refractivity contribution in [2.24, 2.45) is 22.7 Å². The molecular formula is C14H25NO4. The van der Waals surface area contributed by atoms with Gasteiger partial charge in [0.25, 0.3) is 0 Å². The highest BCUT2D eigenvalue weighted by atomic mass is 16.4. The number of hydrogen-bond acceptors (Lipinski definition) is 3. The number of carboxylic acid groups (broad SMARTS) is 1. The van der Waals surface area contributed by atoms with Gasteiger partial charge in [0.2, 0.25) is 5.91 Å². The quantitative estimate of drug-likeness (QED) is 0.702. The monoisotopic (exact) mass is 271 g/mol. The third-order valence-corrected chi connectivity index (χ3v) is 3.74. The van der Waals surface area contributed by atoms with Crippen molar-refractivity contribution in [2.45, 2.75) is 47.1 Å². The Morgan fingerprint density at radius 3 is 2.16 bits per heavy atom. The maximum absolute atomic E-state index is 11.9. The van der Waals surface area contributed by atoms with Gasteiger partial charge in [-0.3, -0.25) is 9.59 Å². The van der Waals surface area contributed by atoms with Gasteiger partial charge in [0.05, 0.1) is 17.9 Å². The second kappa shape index (κ2) is 5.12. The van der Waals surface area contributed by atoms with Gasteiger partial charge >= 0.3 is 5.97 Å². The molecule has 1 aliphatic rings. The first-order valence-corrected chi connectivity index (χ1v) is 6.65. The van der Waals surface area contributed by atoms with E-state index in [1.807, 2.05) is 20.8 Å². The van der Waals surface area contributed by atoms with Crippen molar-refractivity contribution in [3.05, 3.63) is 0 Å². The van der Waals surface area contributed by atoms with E-state index >= 15 is 0 Å². The number of carbonyl (C=O) groups is 2. The van der Waals surface area contributed by atoms with Crippen LogP contribution in [0.25, 0.3) is 0 Å². The normalized spacial score (nSPS) is 26.6. The zero-order valence-electron chi connectivity index (χ0n) is 12.4. The number of carbonyl (C=O) groups excluding carboxylic acids is 1. The lowest BCUT2D eigenvalue weighted by molar-refractivity contribution is -0.140. The maximum Gasteiger partial charge on any atom is 0.307 e. The van der Waals surface area contributed by atoms with Crippen LogP contribution in [0.3, 0.4) is 0 Å². The fraction of sp³-hybridized carbons (Fsp3) is 0.857. The van der Waals surface area contributed by atoms with Gasteiger partial charge in [-0.15, -0.1) is 0 Å². The molecule has 3 atom stereocenters. The Morgan fingerprint density at radius 1 is 1.26 bits per heavy atom. The number of hydrogen-bond donors (Lipinski definition) is 3. The van der Waals surface area contributed by atoms with Crippen molar-refractivity contribution < 1.29 is 19.8 Å². The molecule has 0 aromatic rings. The van der Waals surface area contributed by atoms with E-state index in [0.29, 0.717) is 6.42 Å². The maximum atomic E-state index is 11.9. The van der Waals surface area contributed by atoms with E-state index < -0.39 is 29.3 Å². The molecule has 5 heteroatoms. The van der Waals surface area contributed by atoms with Gasteiger partial charge in [-0.25, -0.2) is 0 Å². The van der Waals surface area contributed by atoms with Gasteiger partial charge in [0.1, 0.15) is 0 Å². The summed E-state index contributed by atoms with van der Waals surface area (Å²) in [7, 11) is 0. The van der Waals surface area contributed by atoms with Gasteiger partial charge < -0.3 is 15.5 Å². The number of amides is 1. The van der Waals surface area contributed by atoms with Gasteiger partial charge in [0, 0.05) is 6.54 Å². The Labute approximate surface area is 114 Å². The summed E-state index contributed by atoms with van der Waals surface area (Å²) >= 11 is 0. The Balaban J connectivity index is 2.44. The molecule has 0 heterocycles. The van der Waals surface area contributed by atoms with Crippen LogP contribution in [0.15, 0.2) is 0 Å². The zero-order valence-corrected chi connectivity index (χ0v) is 12.4. The molecule has 0 aliphatic heterocycles. The molecule has 1 saturated carbocycles. The predicted molar refractivity (Wildman–Crippen MR) is 71.5 cm³/mol. The van der Waals surface area contributed by atoms with Crippen molar-refractivity contribution in [2.75, 3.05) is 6.54 Å². The lowest BCUT2D eigenvalue weighted by Gasteiger charge is -2.22. The zero-order chi connectivity index (χ0) is 15.0. The number of nitrogens with one attached hydrogen (secondary N) is 1. The van der Waals surface area contributed by atoms with Crippen LogP contribution >= 0.6 is 0 Å². The topological polar surface area (TPSA) is 86.6 Å². The number of aliphatic hydroxyl groups is 1. The second-order valence-electron chi connectivity index (χ2n) is 7.28. The van der Waals surface area contributed by atoms with Crippen LogP contribution in [0, 0.1) is 22.7 Å². The van der Waals surface area contributed by atoms with E-state index in [-0.39, 0.29) is 17.9 Å². The van der Waals surface area contributed by atoms with Crippen molar-refractivity contribution in [3.63, 3.8) is 0 Å². The summed E-state index contributed by atoms with van der Waals surface area (Å²) in [5.74, 6) is -2.31. The first kappa shape index (κ1) is 16.0. The van der Waals surface area contributed by atoms with Crippen molar-refractivity contribution in [3.8, 4) is 0 Å². The summed E-state index contributed by atoms with van der Waals surface area (Å²) in [6.07, 6.45) is -0.0157. The van der Waals surface area contributed by atoms with Crippen LogP contribution in [0.2, 0.25) is 0 Å². The molecule has 0 saturated heterocycles. The van der Waals surface area contributed by atoms with Gasteiger partial charge in [-0.05, 0) is 17.3 Å². The number of carboxylic acids is 1. The van der Waals surface area contributed by atoms with Crippen molar-refractivity contribution in [1.82, 2.24) is 5.32 Å². The predicted octanol–water partition coefficient (Wildman–Crippen LogP) is 1.26. The van der Waals surface area contributed by atoms with Crippen LogP contribution in [0.5, 0.6) is 0 Å². The fourth-order valence-electron chi connectivity index (χ4n) is 2.70. The molecule has 5 nitrogen and oxygen atoms in total. The minimum atomic E-state index is -0.930. The highest BCUT2D eigenvalue weighted by Gasteiger charge is 2.65. The third kappa shape index (κ3) is 3.93. The lowest BCUT2D eigenvalue weighted by Crippen LogP contribution is -2.36. The molecule has 0 bridgehead atoms. The van der Waals surface area contributed by atoms with Crippen LogP contribution in [-0.4, -0.2) is 34.7 Å². The van der Waals surface area contributed by atoms with Gasteiger partial charge in [-0.2, -0.15) is 0 Å². The van der Waals surface area contributed by atoms with E-state index in [4.69, 9.17) is 5.11 Å². The standard InChI is InChI=1S/C14H25NO4/c1-13(2,3)6-8(16)7-15-11(17)9-10(12(18)19)14(9,4)5/h8-10,16H,6-7H2,1-5H3,(H,15,17)(H,18,19)/t8?,9-,10+/m1/s1. The average molecular weight is 271 g/mol. The van der Waals surface area contributed by atoms with Crippen LogP contribution in [-0.2, 0) is 9.59 Å². The molecule has 3 N–H and O–H groups in total. The van der Waals surface area contributed by atoms with Crippen LogP contribution < -0.4 is 5.32 Å². The van der Waals surface area contributed by atoms with Gasteiger partial charge in [-0.1, -0.05) is 34.6 Å². The molecule has 0 spiro atoms. The summed E-state index contributed by atoms with van der Waals surface area (Å²) in [6.45, 7) is 9.78. The summed E-state index contributed by atoms with van der Waals surface area (Å²) < 4.78 is 0. The van der Waals surface area contributed by atoms with Crippen LogP contribution in [0.4, 0.5) is 0 Å². The van der Waals surface area contributed by atoms with E-state index in [1.165, 1.54) is 0 Å². The Kier molecular flexibility index (Phi) is 4.30. The van der Waals surface area contributed by atoms with E-state index in [1.54, 1.807) is 13.8 Å². The minimum Gasteiger partial charge on any atom is -0.481 e. The van der Waals surface area contributed by atoms with Gasteiger partial charge in [0.15, 0.2) is 0 Å². The molecule has 0 aromatic carbocycles. The SMILES string of the molecule is CC(C)(C)CC(O)CNC(=O)[C@H]1[C@@H](C(=O)O)C1(C)C. The van der Waals surface area contributed by atoms with Crippen molar-refractivity contribution >= 4 is 11.9 Å². The molecule has 1 unspecified atom stereocenters. The molecule has 110 valence electrons. The second-order valence-corrected chi connectivity index (χ2v) is 7.28. The Hall–Kier alpha value is -1.10. The molecule has 0 radical (unpaired) electrons. The fourth-order valence-corrected chi connectivity index (χ4v) is 2.70. The largest absolute Gasteiger partial charge is 0.481 e. The summed E-state index contributed by atoms with van der Waals surface area (Å²) in [5.41, 5.74) is -0.502. The molecule has 1 amide bonds. The number of aliphatic carboxylic acids is 1. The molecular weight excluding hydrogens is 246 g/mol. The summed E-state index contributed by atoms with van der Waals surface area (Å²) in [6, 6.07) is 0. The number of rotatable bonds is 5. The third-order valence-electron chi connectivity index (χ3n) is 3.74. The first-order chi connectivity index (χ1) is 8.47. The van der Waals surface area contributed by atoms with E-state index in [0.717, 1.165) is 0 Å². The molecule has 0 aromatic heterocycles. The lowest BCUT2D eigenvalue weighted by atomic mass is 9.89.